The number of hydrogen-bond acceptors (Lipinski definition) is 4. The van der Waals surface area contributed by atoms with E-state index in [9.17, 15) is 0 Å². The van der Waals surface area contributed by atoms with Gasteiger partial charge in [-0.2, -0.15) is 0 Å². The maximum Gasteiger partial charge on any atom is 0.131 e. The Labute approximate surface area is 96.1 Å². The molecular weight excluding hydrogens is 202 g/mol. The minimum atomic E-state index is 0.274. The Bertz CT molecular complexity index is 367. The molecule has 1 atom stereocenters. The second kappa shape index (κ2) is 4.80. The predicted octanol–water partition coefficient (Wildman–Crippen LogP) is 0.667. The van der Waals surface area contributed by atoms with Gasteiger partial charge in [-0.25, -0.2) is 4.98 Å². The van der Waals surface area contributed by atoms with E-state index in [1.165, 1.54) is 5.56 Å². The van der Waals surface area contributed by atoms with Gasteiger partial charge >= 0.3 is 0 Å². The first kappa shape index (κ1) is 11.4. The molecule has 1 unspecified atom stereocenters. The molecule has 4 heteroatoms. The highest BCUT2D eigenvalue weighted by Gasteiger charge is 2.23. The van der Waals surface area contributed by atoms with Crippen LogP contribution in [0, 0.1) is 12.8 Å². The van der Waals surface area contributed by atoms with Gasteiger partial charge in [-0.3, -0.25) is 0 Å². The number of rotatable bonds is 3. The molecule has 4 nitrogen and oxygen atoms in total. The van der Waals surface area contributed by atoms with E-state index < -0.39 is 0 Å². The first-order valence-corrected chi connectivity index (χ1v) is 5.76. The summed E-state index contributed by atoms with van der Waals surface area (Å²) in [7, 11) is 0. The van der Waals surface area contributed by atoms with E-state index in [0.717, 1.165) is 30.9 Å². The predicted molar refractivity (Wildman–Crippen MR) is 64.3 cm³/mol. The van der Waals surface area contributed by atoms with Crippen molar-refractivity contribution in [2.45, 2.75) is 19.9 Å². The summed E-state index contributed by atoms with van der Waals surface area (Å²) >= 11 is 0. The van der Waals surface area contributed by atoms with Crippen LogP contribution in [0.15, 0.2) is 12.3 Å². The highest BCUT2D eigenvalue weighted by atomic mass is 16.3. The molecule has 0 spiro atoms. The summed E-state index contributed by atoms with van der Waals surface area (Å²) in [5, 5.41) is 9.12. The summed E-state index contributed by atoms with van der Waals surface area (Å²) < 4.78 is 0. The first-order valence-electron chi connectivity index (χ1n) is 5.76. The van der Waals surface area contributed by atoms with E-state index in [1.54, 1.807) is 0 Å². The fourth-order valence-corrected chi connectivity index (χ4v) is 2.24. The van der Waals surface area contributed by atoms with Crippen molar-refractivity contribution in [3.05, 3.63) is 23.4 Å². The van der Waals surface area contributed by atoms with Crippen LogP contribution >= 0.6 is 0 Å². The van der Waals surface area contributed by atoms with Gasteiger partial charge in [0.25, 0.3) is 0 Å². The van der Waals surface area contributed by atoms with Gasteiger partial charge < -0.3 is 15.7 Å². The molecule has 1 aromatic rings. The summed E-state index contributed by atoms with van der Waals surface area (Å²) in [6.07, 6.45) is 2.89. The number of aryl methyl sites for hydroxylation is 1. The van der Waals surface area contributed by atoms with E-state index in [4.69, 9.17) is 10.8 Å². The molecule has 1 saturated heterocycles. The highest BCUT2D eigenvalue weighted by molar-refractivity contribution is 5.48. The quantitative estimate of drug-likeness (QED) is 0.787. The summed E-state index contributed by atoms with van der Waals surface area (Å²) in [5.74, 6) is 1.43. The summed E-state index contributed by atoms with van der Waals surface area (Å²) in [6, 6.07) is 2.09. The van der Waals surface area contributed by atoms with E-state index in [2.05, 4.69) is 22.9 Å². The molecule has 16 heavy (non-hydrogen) atoms. The van der Waals surface area contributed by atoms with Crippen molar-refractivity contribution in [2.24, 2.45) is 11.7 Å². The molecule has 0 bridgehead atoms. The first-order chi connectivity index (χ1) is 7.74. The maximum absolute atomic E-state index is 9.12. The van der Waals surface area contributed by atoms with Crippen LogP contribution in [-0.2, 0) is 6.54 Å². The second-order valence-corrected chi connectivity index (χ2v) is 4.47. The molecule has 0 radical (unpaired) electrons. The number of pyridine rings is 1. The Kier molecular flexibility index (Phi) is 3.41. The zero-order valence-electron chi connectivity index (χ0n) is 9.69. The Balaban J connectivity index is 2.15. The van der Waals surface area contributed by atoms with Crippen LogP contribution in [0.5, 0.6) is 0 Å². The average molecular weight is 221 g/mol. The van der Waals surface area contributed by atoms with Crippen LogP contribution in [-0.4, -0.2) is 29.8 Å². The van der Waals surface area contributed by atoms with Crippen LogP contribution in [0.25, 0.3) is 0 Å². The summed E-state index contributed by atoms with van der Waals surface area (Å²) in [5.41, 5.74) is 7.82. The van der Waals surface area contributed by atoms with Gasteiger partial charge in [-0.15, -0.1) is 0 Å². The zero-order chi connectivity index (χ0) is 11.5. The second-order valence-electron chi connectivity index (χ2n) is 4.47. The molecule has 2 heterocycles. The lowest BCUT2D eigenvalue weighted by Gasteiger charge is -2.19. The molecule has 0 saturated carbocycles. The molecular formula is C12H19N3O. The van der Waals surface area contributed by atoms with Gasteiger partial charge in [0.2, 0.25) is 0 Å². The maximum atomic E-state index is 9.12. The molecule has 1 aliphatic heterocycles. The lowest BCUT2D eigenvalue weighted by molar-refractivity contribution is 0.238. The van der Waals surface area contributed by atoms with Gasteiger partial charge in [-0.1, -0.05) is 0 Å². The average Bonchev–Trinajstić information content (AvgIpc) is 2.77. The summed E-state index contributed by atoms with van der Waals surface area (Å²) in [4.78, 5) is 6.71. The van der Waals surface area contributed by atoms with Gasteiger partial charge in [0, 0.05) is 38.4 Å². The Morgan fingerprint density at radius 1 is 1.62 bits per heavy atom. The van der Waals surface area contributed by atoms with E-state index in [1.807, 2.05) is 6.20 Å². The molecule has 0 amide bonds. The zero-order valence-corrected chi connectivity index (χ0v) is 9.69. The Morgan fingerprint density at radius 3 is 3.00 bits per heavy atom. The van der Waals surface area contributed by atoms with E-state index in [0.29, 0.717) is 12.5 Å². The minimum Gasteiger partial charge on any atom is -0.396 e. The number of aliphatic hydroxyl groups excluding tert-OH is 1. The van der Waals surface area contributed by atoms with Gasteiger partial charge in [0.05, 0.1) is 0 Å². The van der Waals surface area contributed by atoms with Crippen molar-refractivity contribution in [3.63, 3.8) is 0 Å². The van der Waals surface area contributed by atoms with Gasteiger partial charge in [0.1, 0.15) is 5.82 Å². The topological polar surface area (TPSA) is 62.4 Å². The summed E-state index contributed by atoms with van der Waals surface area (Å²) in [6.45, 7) is 4.77. The van der Waals surface area contributed by atoms with Crippen molar-refractivity contribution in [1.29, 1.82) is 0 Å². The lowest BCUT2D eigenvalue weighted by Crippen LogP contribution is -2.22. The van der Waals surface area contributed by atoms with Crippen molar-refractivity contribution >= 4 is 5.82 Å². The molecule has 1 aromatic heterocycles. The smallest absolute Gasteiger partial charge is 0.131 e. The third-order valence-corrected chi connectivity index (χ3v) is 3.19. The molecule has 88 valence electrons. The van der Waals surface area contributed by atoms with Crippen LogP contribution in [0.1, 0.15) is 17.5 Å². The van der Waals surface area contributed by atoms with Crippen molar-refractivity contribution in [1.82, 2.24) is 4.98 Å². The van der Waals surface area contributed by atoms with E-state index in [-0.39, 0.29) is 6.61 Å². The molecule has 1 aliphatic rings. The van der Waals surface area contributed by atoms with Crippen LogP contribution in [0.2, 0.25) is 0 Å². The van der Waals surface area contributed by atoms with Crippen LogP contribution in [0.3, 0.4) is 0 Å². The normalized spacial score (nSPS) is 20.4. The van der Waals surface area contributed by atoms with Crippen molar-refractivity contribution in [3.8, 4) is 0 Å². The SMILES string of the molecule is Cc1cc(CN)cnc1N1CCC(CO)C1. The number of nitrogens with two attached hydrogens (primary N) is 1. The number of hydrogen-bond donors (Lipinski definition) is 2. The monoisotopic (exact) mass is 221 g/mol. The fourth-order valence-electron chi connectivity index (χ4n) is 2.24. The fraction of sp³-hybridized carbons (Fsp3) is 0.583. The lowest BCUT2D eigenvalue weighted by atomic mass is 10.1. The largest absolute Gasteiger partial charge is 0.396 e. The van der Waals surface area contributed by atoms with Gasteiger partial charge in [-0.05, 0) is 30.5 Å². The van der Waals surface area contributed by atoms with Crippen molar-refractivity contribution in [2.75, 3.05) is 24.6 Å². The minimum absolute atomic E-state index is 0.274. The third-order valence-electron chi connectivity index (χ3n) is 3.19. The number of aromatic nitrogens is 1. The van der Waals surface area contributed by atoms with Crippen LogP contribution < -0.4 is 10.6 Å². The van der Waals surface area contributed by atoms with Gasteiger partial charge in [0.15, 0.2) is 0 Å². The molecule has 0 aromatic carbocycles. The third kappa shape index (κ3) is 2.18. The van der Waals surface area contributed by atoms with Crippen molar-refractivity contribution < 1.29 is 5.11 Å². The van der Waals surface area contributed by atoms with E-state index >= 15 is 0 Å². The standard InChI is InChI=1S/C12H19N3O/c1-9-4-11(5-13)6-14-12(9)15-3-2-10(7-15)8-16/h4,6,10,16H,2-3,5,7-8,13H2,1H3. The molecule has 2 rings (SSSR count). The van der Waals surface area contributed by atoms with Crippen LogP contribution in [0.4, 0.5) is 5.82 Å². The molecule has 0 aliphatic carbocycles. The number of anilines is 1. The Hall–Kier alpha value is -1.13. The molecule has 1 fully saturated rings. The number of aliphatic hydroxyl groups is 1. The number of nitrogens with zero attached hydrogens (tertiary/aromatic N) is 2. The Morgan fingerprint density at radius 2 is 2.44 bits per heavy atom. The highest BCUT2D eigenvalue weighted by Crippen LogP contribution is 2.24. The molecule has 3 N–H and O–H groups in total.